The minimum atomic E-state index is -2.26. The van der Waals surface area contributed by atoms with Gasteiger partial charge in [-0.1, -0.05) is 6.92 Å². The first-order valence-electron chi connectivity index (χ1n) is 2.83. The zero-order chi connectivity index (χ0) is 7.12. The third-order valence-electron chi connectivity index (χ3n) is 1.54. The van der Waals surface area contributed by atoms with Crippen LogP contribution in [0.15, 0.2) is 0 Å². The van der Waals surface area contributed by atoms with E-state index in [4.69, 9.17) is 9.89 Å². The van der Waals surface area contributed by atoms with Crippen molar-refractivity contribution in [3.63, 3.8) is 0 Å². The van der Waals surface area contributed by atoms with Crippen molar-refractivity contribution in [1.29, 1.82) is 4.78 Å². The highest BCUT2D eigenvalue weighted by Gasteiger charge is 2.41. The molecule has 0 spiro atoms. The van der Waals surface area contributed by atoms with Gasteiger partial charge in [0.2, 0.25) is 0 Å². The summed E-state index contributed by atoms with van der Waals surface area (Å²) in [6.45, 7) is 1.91. The quantitative estimate of drug-likeness (QED) is 0.553. The molecule has 54 valence electrons. The topological polar surface area (TPSA) is 61.1 Å². The summed E-state index contributed by atoms with van der Waals surface area (Å²) in [5.41, 5.74) is -0.209. The summed E-state index contributed by atoms with van der Waals surface area (Å²) in [5, 5.41) is 8.67. The molecule has 0 atom stereocenters. The lowest BCUT2D eigenvalue weighted by molar-refractivity contribution is 0.170. The monoisotopic (exact) mass is 149 g/mol. The van der Waals surface area contributed by atoms with Crippen molar-refractivity contribution in [2.45, 2.75) is 6.92 Å². The van der Waals surface area contributed by atoms with Crippen molar-refractivity contribution in [3.05, 3.63) is 0 Å². The summed E-state index contributed by atoms with van der Waals surface area (Å²) in [7, 11) is -2.26. The number of hydrogen-bond donors (Lipinski definition) is 2. The first-order valence-corrected chi connectivity index (χ1v) is 4.72. The number of aliphatic hydroxyl groups is 1. The maximum absolute atomic E-state index is 10.8. The van der Waals surface area contributed by atoms with E-state index in [9.17, 15) is 4.21 Å². The van der Waals surface area contributed by atoms with Crippen LogP contribution in [-0.4, -0.2) is 27.4 Å². The van der Waals surface area contributed by atoms with Crippen molar-refractivity contribution in [2.24, 2.45) is 5.41 Å². The zero-order valence-corrected chi connectivity index (χ0v) is 6.20. The Bertz CT molecular complexity index is 195. The number of hydrogen-bond acceptors (Lipinski definition) is 3. The highest BCUT2D eigenvalue weighted by Crippen LogP contribution is 2.31. The molecule has 0 aromatic heterocycles. The molecule has 1 heterocycles. The number of rotatable bonds is 1. The van der Waals surface area contributed by atoms with Crippen LogP contribution < -0.4 is 0 Å². The van der Waals surface area contributed by atoms with Gasteiger partial charge in [-0.25, -0.2) is 4.21 Å². The molecule has 3 nitrogen and oxygen atoms in total. The second kappa shape index (κ2) is 1.70. The Morgan fingerprint density at radius 3 is 2.33 bits per heavy atom. The zero-order valence-electron chi connectivity index (χ0n) is 5.39. The maximum Gasteiger partial charge on any atom is 0.0503 e. The Morgan fingerprint density at radius 1 is 1.78 bits per heavy atom. The van der Waals surface area contributed by atoms with Gasteiger partial charge >= 0.3 is 0 Å². The lowest BCUT2D eigenvalue weighted by Crippen LogP contribution is -2.47. The van der Waals surface area contributed by atoms with Gasteiger partial charge in [0.05, 0.1) is 6.61 Å². The van der Waals surface area contributed by atoms with Crippen LogP contribution in [0.2, 0.25) is 0 Å². The summed E-state index contributed by atoms with van der Waals surface area (Å²) >= 11 is 0. The van der Waals surface area contributed by atoms with Gasteiger partial charge in [0, 0.05) is 26.6 Å². The lowest BCUT2D eigenvalue weighted by Gasteiger charge is -2.37. The van der Waals surface area contributed by atoms with E-state index in [1.165, 1.54) is 0 Å². The van der Waals surface area contributed by atoms with Crippen LogP contribution in [0.4, 0.5) is 0 Å². The second-order valence-corrected chi connectivity index (χ2v) is 5.27. The fraction of sp³-hybridized carbons (Fsp3) is 1.00. The van der Waals surface area contributed by atoms with E-state index >= 15 is 0 Å². The summed E-state index contributed by atoms with van der Waals surface area (Å²) in [6.07, 6.45) is 0. The molecule has 1 aliphatic heterocycles. The van der Waals surface area contributed by atoms with Crippen molar-refractivity contribution < 1.29 is 9.32 Å². The second-order valence-electron chi connectivity index (χ2n) is 3.07. The van der Waals surface area contributed by atoms with E-state index in [-0.39, 0.29) is 12.0 Å². The van der Waals surface area contributed by atoms with Gasteiger partial charge in [-0.3, -0.25) is 4.78 Å². The summed E-state index contributed by atoms with van der Waals surface area (Å²) in [6, 6.07) is 0. The largest absolute Gasteiger partial charge is 0.396 e. The van der Waals surface area contributed by atoms with Crippen LogP contribution in [0.25, 0.3) is 0 Å². The molecular formula is C5H11NO2S. The van der Waals surface area contributed by atoms with Gasteiger partial charge in [-0.2, -0.15) is 0 Å². The van der Waals surface area contributed by atoms with Gasteiger partial charge in [0.15, 0.2) is 0 Å². The molecule has 0 amide bonds. The average Bonchev–Trinajstić information content (AvgIpc) is 1.61. The molecule has 0 aliphatic carbocycles. The van der Waals surface area contributed by atoms with E-state index < -0.39 is 9.73 Å². The summed E-state index contributed by atoms with van der Waals surface area (Å²) in [4.78, 5) is 0. The molecule has 4 heteroatoms. The van der Waals surface area contributed by atoms with Gasteiger partial charge in [-0.05, 0) is 0 Å². The molecule has 1 saturated heterocycles. The molecule has 9 heavy (non-hydrogen) atoms. The van der Waals surface area contributed by atoms with Crippen molar-refractivity contribution in [2.75, 3.05) is 18.1 Å². The molecule has 1 rings (SSSR count). The molecule has 0 bridgehead atoms. The van der Waals surface area contributed by atoms with Crippen LogP contribution in [0.5, 0.6) is 0 Å². The van der Waals surface area contributed by atoms with E-state index in [2.05, 4.69) is 0 Å². The Labute approximate surface area is 55.1 Å². The van der Waals surface area contributed by atoms with Crippen LogP contribution in [0.3, 0.4) is 0 Å². The molecule has 0 aromatic carbocycles. The van der Waals surface area contributed by atoms with Gasteiger partial charge in [0.25, 0.3) is 0 Å². The number of nitrogens with one attached hydrogen (secondary N) is 1. The van der Waals surface area contributed by atoms with Gasteiger partial charge in [-0.15, -0.1) is 0 Å². The van der Waals surface area contributed by atoms with E-state index in [0.29, 0.717) is 11.5 Å². The molecule has 0 aromatic rings. The molecule has 2 N–H and O–H groups in total. The number of aliphatic hydroxyl groups excluding tert-OH is 1. The molecule has 0 unspecified atom stereocenters. The van der Waals surface area contributed by atoms with E-state index in [1.807, 2.05) is 6.92 Å². The predicted molar refractivity (Wildman–Crippen MR) is 35.8 cm³/mol. The first-order chi connectivity index (χ1) is 3.97. The van der Waals surface area contributed by atoms with Gasteiger partial charge < -0.3 is 5.11 Å². The molecule has 0 saturated carbocycles. The van der Waals surface area contributed by atoms with E-state index in [1.54, 1.807) is 0 Å². The molecule has 1 fully saturated rings. The fourth-order valence-electron chi connectivity index (χ4n) is 1.17. The smallest absolute Gasteiger partial charge is 0.0503 e. The minimum Gasteiger partial charge on any atom is -0.396 e. The molecule has 1 aliphatic rings. The van der Waals surface area contributed by atoms with Crippen molar-refractivity contribution in [1.82, 2.24) is 0 Å². The molecular weight excluding hydrogens is 138 g/mol. The highest BCUT2D eigenvalue weighted by molar-refractivity contribution is 7.93. The Balaban J connectivity index is 2.61. The van der Waals surface area contributed by atoms with Crippen LogP contribution in [0, 0.1) is 10.2 Å². The first kappa shape index (κ1) is 7.02. The Hall–Kier alpha value is -0.0900. The normalized spacial score (nSPS) is 50.4. The Kier molecular flexibility index (Phi) is 1.33. The molecule has 0 radical (unpaired) electrons. The highest BCUT2D eigenvalue weighted by atomic mass is 32.2. The SMILES string of the molecule is CC1(CO)CS(=N)(=O)C1. The van der Waals surface area contributed by atoms with Crippen molar-refractivity contribution in [3.8, 4) is 0 Å². The third kappa shape index (κ3) is 1.24. The van der Waals surface area contributed by atoms with Crippen molar-refractivity contribution >= 4 is 9.73 Å². The lowest BCUT2D eigenvalue weighted by atomic mass is 9.97. The van der Waals surface area contributed by atoms with E-state index in [0.717, 1.165) is 0 Å². The average molecular weight is 149 g/mol. The standard InChI is InChI=1S/C5H11NO2S/c1-5(2-7)3-9(6,8)4-5/h6-7H,2-4H2,1H3. The summed E-state index contributed by atoms with van der Waals surface area (Å²) < 4.78 is 17.8. The summed E-state index contributed by atoms with van der Waals surface area (Å²) in [5.74, 6) is 0.743. The Morgan fingerprint density at radius 2 is 2.22 bits per heavy atom. The predicted octanol–water partition coefficient (Wildman–Crippen LogP) is 0.0454. The van der Waals surface area contributed by atoms with Crippen LogP contribution in [-0.2, 0) is 9.73 Å². The fourth-order valence-corrected chi connectivity index (χ4v) is 3.52. The maximum atomic E-state index is 10.8. The van der Waals surface area contributed by atoms with Crippen LogP contribution >= 0.6 is 0 Å². The third-order valence-corrected chi connectivity index (χ3v) is 3.87. The minimum absolute atomic E-state index is 0.0584. The van der Waals surface area contributed by atoms with Crippen LogP contribution in [0.1, 0.15) is 6.92 Å². The van der Waals surface area contributed by atoms with Gasteiger partial charge in [0.1, 0.15) is 0 Å².